The highest BCUT2D eigenvalue weighted by Crippen LogP contribution is 2.30. The Bertz CT molecular complexity index is 933. The van der Waals surface area contributed by atoms with Crippen LogP contribution in [0, 0.1) is 5.92 Å². The van der Waals surface area contributed by atoms with Crippen LogP contribution >= 0.6 is 15.9 Å². The first kappa shape index (κ1) is 24.1. The number of aliphatic carboxylic acids is 1. The summed E-state index contributed by atoms with van der Waals surface area (Å²) in [6.07, 6.45) is 11.4. The number of nitrogens with one attached hydrogen (secondary N) is 1. The van der Waals surface area contributed by atoms with Crippen LogP contribution in [0.5, 0.6) is 11.5 Å². The van der Waals surface area contributed by atoms with Gasteiger partial charge in [-0.05, 0) is 64.2 Å². The minimum absolute atomic E-state index is 0.123. The molecule has 0 radical (unpaired) electrons. The monoisotopic (exact) mass is 499 g/mol. The summed E-state index contributed by atoms with van der Waals surface area (Å²) in [7, 11) is 0. The molecule has 2 aromatic rings. The van der Waals surface area contributed by atoms with Gasteiger partial charge in [-0.15, -0.1) is 0 Å². The maximum absolute atomic E-state index is 12.2. The lowest BCUT2D eigenvalue weighted by molar-refractivity contribution is -0.134. The molecule has 3 rings (SSSR count). The molecule has 0 unspecified atom stereocenters. The van der Waals surface area contributed by atoms with Crippen molar-refractivity contribution in [3.05, 3.63) is 64.3 Å². The van der Waals surface area contributed by atoms with Gasteiger partial charge in [0, 0.05) is 6.42 Å². The number of carbonyl (C=O) groups is 2. The Kier molecular flexibility index (Phi) is 9.35. The van der Waals surface area contributed by atoms with Crippen LogP contribution in [0.2, 0.25) is 0 Å². The van der Waals surface area contributed by atoms with Gasteiger partial charge in [0.1, 0.15) is 17.2 Å². The average Bonchev–Trinajstić information content (AvgIpc) is 2.79. The molecule has 1 fully saturated rings. The second-order valence-corrected chi connectivity index (χ2v) is 9.12. The predicted octanol–water partition coefficient (Wildman–Crippen LogP) is 6.92. The highest BCUT2D eigenvalue weighted by Gasteiger charge is 2.14. The van der Waals surface area contributed by atoms with Crippen molar-refractivity contribution >= 4 is 33.9 Å². The van der Waals surface area contributed by atoms with Gasteiger partial charge in [-0.25, -0.2) is 4.79 Å². The molecule has 2 N–H and O–H groups in total. The molecular weight excluding hydrogens is 470 g/mol. The maximum Gasteiger partial charge on any atom is 0.352 e. The summed E-state index contributed by atoms with van der Waals surface area (Å²) in [5, 5.41) is 12.0. The Balaban J connectivity index is 1.50. The largest absolute Gasteiger partial charge is 0.477 e. The van der Waals surface area contributed by atoms with E-state index in [0.29, 0.717) is 23.5 Å². The van der Waals surface area contributed by atoms with E-state index in [4.69, 9.17) is 4.74 Å². The molecular formula is C26H30BrNO4. The summed E-state index contributed by atoms with van der Waals surface area (Å²) in [5.41, 5.74) is 0.543. The van der Waals surface area contributed by atoms with E-state index in [1.54, 1.807) is 24.3 Å². The van der Waals surface area contributed by atoms with Crippen molar-refractivity contribution in [2.45, 2.75) is 57.8 Å². The topological polar surface area (TPSA) is 75.6 Å². The molecule has 0 aliphatic heterocycles. The van der Waals surface area contributed by atoms with Gasteiger partial charge in [-0.1, -0.05) is 69.2 Å². The highest BCUT2D eigenvalue weighted by molar-refractivity contribution is 9.10. The van der Waals surface area contributed by atoms with Gasteiger partial charge in [-0.2, -0.15) is 0 Å². The van der Waals surface area contributed by atoms with E-state index in [-0.39, 0.29) is 11.6 Å². The van der Waals surface area contributed by atoms with Crippen LogP contribution in [-0.2, 0) is 9.59 Å². The van der Waals surface area contributed by atoms with Crippen LogP contribution in [0.4, 0.5) is 0 Å². The van der Waals surface area contributed by atoms with E-state index >= 15 is 0 Å². The summed E-state index contributed by atoms with van der Waals surface area (Å²) >= 11 is 3.44. The van der Waals surface area contributed by atoms with Gasteiger partial charge in [0.15, 0.2) is 0 Å². The number of carboxylic acid groups (broad SMARTS) is 1. The van der Waals surface area contributed by atoms with E-state index < -0.39 is 5.97 Å². The molecule has 32 heavy (non-hydrogen) atoms. The van der Waals surface area contributed by atoms with Gasteiger partial charge in [-0.3, -0.25) is 4.79 Å². The van der Waals surface area contributed by atoms with Crippen LogP contribution in [-0.4, -0.2) is 17.0 Å². The van der Waals surface area contributed by atoms with Crippen molar-refractivity contribution in [3.63, 3.8) is 0 Å². The van der Waals surface area contributed by atoms with Gasteiger partial charge < -0.3 is 15.2 Å². The maximum atomic E-state index is 12.2. The average molecular weight is 500 g/mol. The van der Waals surface area contributed by atoms with Crippen molar-refractivity contribution in [1.29, 1.82) is 0 Å². The van der Waals surface area contributed by atoms with Crippen LogP contribution in [0.25, 0.3) is 6.08 Å². The number of hydrogen-bond donors (Lipinski definition) is 2. The van der Waals surface area contributed by atoms with Crippen molar-refractivity contribution in [1.82, 2.24) is 5.32 Å². The lowest BCUT2D eigenvalue weighted by atomic mass is 9.85. The summed E-state index contributed by atoms with van der Waals surface area (Å²) in [5.74, 6) is 0.715. The van der Waals surface area contributed by atoms with E-state index in [1.165, 1.54) is 44.6 Å². The first-order valence-electron chi connectivity index (χ1n) is 11.3. The Morgan fingerprint density at radius 1 is 1.03 bits per heavy atom. The Labute approximate surface area is 198 Å². The standard InChI is InChI=1S/C26H30BrNO4/c27-22-11-5-6-12-24(22)32-21-16-14-20(15-17-21)18-23(26(30)31)28-25(29)13-7-4-10-19-8-2-1-3-9-19/h5-6,11-12,14-19H,1-4,7-10,13H2,(H,28,29)(H,30,31)/b23-18-. The smallest absolute Gasteiger partial charge is 0.352 e. The Morgan fingerprint density at radius 2 is 1.75 bits per heavy atom. The first-order chi connectivity index (χ1) is 15.5. The van der Waals surface area contributed by atoms with Crippen LogP contribution in [0.3, 0.4) is 0 Å². The van der Waals surface area contributed by atoms with Gasteiger partial charge in [0.2, 0.25) is 5.91 Å². The molecule has 0 aromatic heterocycles. The molecule has 5 nitrogen and oxygen atoms in total. The molecule has 0 saturated heterocycles. The molecule has 6 heteroatoms. The van der Waals surface area contributed by atoms with E-state index in [9.17, 15) is 14.7 Å². The fourth-order valence-corrected chi connectivity index (χ4v) is 4.38. The summed E-state index contributed by atoms with van der Waals surface area (Å²) in [4.78, 5) is 23.9. The molecule has 2 aromatic carbocycles. The van der Waals surface area contributed by atoms with Gasteiger partial charge in [0.25, 0.3) is 0 Å². The molecule has 0 spiro atoms. The third-order valence-electron chi connectivity index (χ3n) is 5.75. The number of para-hydroxylation sites is 1. The fourth-order valence-electron chi connectivity index (χ4n) is 4.01. The number of carboxylic acids is 1. The van der Waals surface area contributed by atoms with Crippen LogP contribution in [0.15, 0.2) is 58.7 Å². The van der Waals surface area contributed by atoms with Crippen molar-refractivity contribution in [2.24, 2.45) is 5.92 Å². The highest BCUT2D eigenvalue weighted by atomic mass is 79.9. The minimum atomic E-state index is -1.16. The molecule has 0 atom stereocenters. The zero-order valence-electron chi connectivity index (χ0n) is 18.2. The van der Waals surface area contributed by atoms with Crippen molar-refractivity contribution < 1.29 is 19.4 Å². The molecule has 0 heterocycles. The van der Waals surface area contributed by atoms with Gasteiger partial charge in [0.05, 0.1) is 4.47 Å². The van der Waals surface area contributed by atoms with E-state index in [2.05, 4.69) is 21.2 Å². The van der Waals surface area contributed by atoms with Crippen molar-refractivity contribution in [3.8, 4) is 11.5 Å². The first-order valence-corrected chi connectivity index (χ1v) is 12.1. The summed E-state index contributed by atoms with van der Waals surface area (Å²) in [6.45, 7) is 0. The lowest BCUT2D eigenvalue weighted by Gasteiger charge is -2.21. The van der Waals surface area contributed by atoms with E-state index in [1.807, 2.05) is 24.3 Å². The normalized spacial score (nSPS) is 14.7. The molecule has 1 amide bonds. The summed E-state index contributed by atoms with van der Waals surface area (Å²) < 4.78 is 6.67. The molecule has 1 saturated carbocycles. The second kappa shape index (κ2) is 12.4. The van der Waals surface area contributed by atoms with Crippen molar-refractivity contribution in [2.75, 3.05) is 0 Å². The summed E-state index contributed by atoms with van der Waals surface area (Å²) in [6, 6.07) is 14.6. The number of ether oxygens (including phenoxy) is 1. The number of amides is 1. The number of rotatable bonds is 10. The number of halogens is 1. The zero-order chi connectivity index (χ0) is 22.8. The Hall–Kier alpha value is -2.60. The minimum Gasteiger partial charge on any atom is -0.477 e. The lowest BCUT2D eigenvalue weighted by Crippen LogP contribution is -2.26. The number of carbonyl (C=O) groups excluding carboxylic acids is 1. The molecule has 0 bridgehead atoms. The van der Waals surface area contributed by atoms with Crippen LogP contribution < -0.4 is 10.1 Å². The SMILES string of the molecule is O=C(CCCCC1CCCCC1)N/C(=C\c1ccc(Oc2ccccc2Br)cc1)C(=O)O. The Morgan fingerprint density at radius 3 is 2.44 bits per heavy atom. The molecule has 1 aliphatic carbocycles. The number of unbranched alkanes of at least 4 members (excludes halogenated alkanes) is 1. The van der Waals surface area contributed by atoms with E-state index in [0.717, 1.165) is 23.2 Å². The predicted molar refractivity (Wildman–Crippen MR) is 129 cm³/mol. The fraction of sp³-hybridized carbons (Fsp3) is 0.385. The number of benzene rings is 2. The zero-order valence-corrected chi connectivity index (χ0v) is 19.8. The third kappa shape index (κ3) is 7.83. The molecule has 1 aliphatic rings. The van der Waals surface area contributed by atoms with Crippen LogP contribution in [0.1, 0.15) is 63.4 Å². The molecule has 170 valence electrons. The third-order valence-corrected chi connectivity index (χ3v) is 6.41. The van der Waals surface area contributed by atoms with Gasteiger partial charge >= 0.3 is 5.97 Å². The number of hydrogen-bond acceptors (Lipinski definition) is 3. The second-order valence-electron chi connectivity index (χ2n) is 8.26. The quantitative estimate of drug-likeness (QED) is 0.274.